The van der Waals surface area contributed by atoms with Crippen molar-refractivity contribution in [2.24, 2.45) is 4.99 Å². The van der Waals surface area contributed by atoms with Crippen LogP contribution in [0.2, 0.25) is 10.0 Å². The summed E-state index contributed by atoms with van der Waals surface area (Å²) in [6.07, 6.45) is 0. The zero-order chi connectivity index (χ0) is 17.6. The lowest BCUT2D eigenvalue weighted by Gasteiger charge is -2.41. The van der Waals surface area contributed by atoms with Crippen molar-refractivity contribution in [3.8, 4) is 0 Å². The van der Waals surface area contributed by atoms with Crippen LogP contribution in [0, 0.1) is 0 Å². The van der Waals surface area contributed by atoms with Crippen LogP contribution in [-0.4, -0.2) is 56.3 Å². The second kappa shape index (κ2) is 10.8. The number of guanidine groups is 1. The normalized spacial score (nSPS) is 16.3. The Bertz CT molecular complexity index is 578. The first-order valence-corrected chi connectivity index (χ1v) is 8.89. The van der Waals surface area contributed by atoms with E-state index in [1.165, 1.54) is 0 Å². The summed E-state index contributed by atoms with van der Waals surface area (Å²) in [5, 5.41) is 7.97. The Hall–Kier alpha value is -0.280. The molecular weight excluding hydrogens is 474 g/mol. The maximum atomic E-state index is 6.20. The number of nitrogens with one attached hydrogen (secondary N) is 2. The van der Waals surface area contributed by atoms with E-state index < -0.39 is 0 Å². The first-order chi connectivity index (χ1) is 11.4. The molecule has 8 heteroatoms. The number of aliphatic imine (C=N–C) groups is 1. The van der Waals surface area contributed by atoms with Gasteiger partial charge in [-0.3, -0.25) is 9.89 Å². The molecule has 1 saturated heterocycles. The minimum atomic E-state index is 0. The second-order valence-corrected chi connectivity index (χ2v) is 7.27. The van der Waals surface area contributed by atoms with E-state index in [9.17, 15) is 0 Å². The highest BCUT2D eigenvalue weighted by molar-refractivity contribution is 14.0. The largest absolute Gasteiger partial charge is 0.379 e. The summed E-state index contributed by atoms with van der Waals surface area (Å²) in [7, 11) is 1.76. The molecule has 0 amide bonds. The van der Waals surface area contributed by atoms with Gasteiger partial charge in [-0.1, -0.05) is 29.3 Å². The minimum absolute atomic E-state index is 0. The quantitative estimate of drug-likeness (QED) is 0.369. The minimum Gasteiger partial charge on any atom is -0.379 e. The maximum absolute atomic E-state index is 6.20. The van der Waals surface area contributed by atoms with Crippen LogP contribution in [0.1, 0.15) is 19.4 Å². The lowest BCUT2D eigenvalue weighted by molar-refractivity contribution is -0.00834. The monoisotopic (exact) mass is 500 g/mol. The third kappa shape index (κ3) is 7.09. The zero-order valence-corrected chi connectivity index (χ0v) is 18.8. The van der Waals surface area contributed by atoms with Crippen molar-refractivity contribution in [2.75, 3.05) is 39.9 Å². The lowest BCUT2D eigenvalue weighted by Crippen LogP contribution is -2.56. The molecule has 0 spiro atoms. The van der Waals surface area contributed by atoms with Gasteiger partial charge in [0, 0.05) is 48.8 Å². The van der Waals surface area contributed by atoms with E-state index in [-0.39, 0.29) is 29.5 Å². The fourth-order valence-corrected chi connectivity index (χ4v) is 3.12. The fraction of sp³-hybridized carbons (Fsp3) is 0.588. The molecule has 1 aromatic carbocycles. The zero-order valence-electron chi connectivity index (χ0n) is 14.9. The highest BCUT2D eigenvalue weighted by Crippen LogP contribution is 2.20. The van der Waals surface area contributed by atoms with Crippen molar-refractivity contribution in [3.63, 3.8) is 0 Å². The summed E-state index contributed by atoms with van der Waals surface area (Å²) >= 11 is 12.1. The maximum Gasteiger partial charge on any atom is 0.191 e. The molecule has 0 saturated carbocycles. The molecule has 25 heavy (non-hydrogen) atoms. The molecule has 1 aliphatic heterocycles. The number of halogens is 3. The summed E-state index contributed by atoms with van der Waals surface area (Å²) in [5.41, 5.74) is 1.01. The Kier molecular flexibility index (Phi) is 9.80. The number of hydrogen-bond acceptors (Lipinski definition) is 3. The van der Waals surface area contributed by atoms with Crippen LogP contribution in [-0.2, 0) is 11.3 Å². The molecule has 0 aliphatic carbocycles. The third-order valence-electron chi connectivity index (χ3n) is 4.24. The van der Waals surface area contributed by atoms with Gasteiger partial charge in [0.25, 0.3) is 0 Å². The lowest BCUT2D eigenvalue weighted by atomic mass is 10.0. The molecule has 0 atom stereocenters. The van der Waals surface area contributed by atoms with E-state index in [4.69, 9.17) is 27.9 Å². The average molecular weight is 501 g/mol. The predicted molar refractivity (Wildman–Crippen MR) is 117 cm³/mol. The molecule has 5 nitrogen and oxygen atoms in total. The van der Waals surface area contributed by atoms with Crippen LogP contribution in [0.5, 0.6) is 0 Å². The van der Waals surface area contributed by atoms with Gasteiger partial charge in [-0.15, -0.1) is 24.0 Å². The summed E-state index contributed by atoms with van der Waals surface area (Å²) < 4.78 is 5.43. The standard InChI is InChI=1S/C17H26Cl2N4O.HI/c1-17(2,23-6-8-24-9-7-23)12-22-16(20-3)21-11-13-4-5-14(18)10-15(13)19;/h4-5,10H,6-9,11-12H2,1-3H3,(H2,20,21,22);1H. The molecule has 0 bridgehead atoms. The van der Waals surface area contributed by atoms with Crippen LogP contribution in [0.3, 0.4) is 0 Å². The van der Waals surface area contributed by atoms with Crippen LogP contribution in [0.25, 0.3) is 0 Å². The number of benzene rings is 1. The van der Waals surface area contributed by atoms with E-state index in [0.29, 0.717) is 16.6 Å². The van der Waals surface area contributed by atoms with Gasteiger partial charge in [-0.05, 0) is 31.5 Å². The number of rotatable bonds is 5. The molecule has 1 aromatic rings. The summed E-state index contributed by atoms with van der Waals surface area (Å²) in [6, 6.07) is 5.50. The van der Waals surface area contributed by atoms with Crippen LogP contribution >= 0.6 is 47.2 Å². The van der Waals surface area contributed by atoms with Crippen molar-refractivity contribution >= 4 is 53.1 Å². The first-order valence-electron chi connectivity index (χ1n) is 8.13. The third-order valence-corrected chi connectivity index (χ3v) is 4.83. The van der Waals surface area contributed by atoms with Crippen molar-refractivity contribution in [2.45, 2.75) is 25.9 Å². The van der Waals surface area contributed by atoms with Crippen molar-refractivity contribution in [1.82, 2.24) is 15.5 Å². The Balaban J connectivity index is 0.00000312. The SMILES string of the molecule is CN=C(NCc1ccc(Cl)cc1Cl)NCC(C)(C)N1CCOCC1.I. The van der Waals surface area contributed by atoms with Crippen molar-refractivity contribution < 1.29 is 4.74 Å². The molecular formula is C17H27Cl2IN4O. The van der Waals surface area contributed by atoms with Gasteiger partial charge in [-0.25, -0.2) is 0 Å². The summed E-state index contributed by atoms with van der Waals surface area (Å²) in [6.45, 7) is 9.36. The second-order valence-electron chi connectivity index (χ2n) is 6.43. The predicted octanol–water partition coefficient (Wildman–Crippen LogP) is 3.39. The van der Waals surface area contributed by atoms with Crippen LogP contribution < -0.4 is 10.6 Å². The highest BCUT2D eigenvalue weighted by atomic mass is 127. The van der Waals surface area contributed by atoms with Gasteiger partial charge in [0.15, 0.2) is 5.96 Å². The molecule has 1 fully saturated rings. The van der Waals surface area contributed by atoms with E-state index in [2.05, 4.69) is 34.4 Å². The topological polar surface area (TPSA) is 48.9 Å². The molecule has 0 radical (unpaired) electrons. The summed E-state index contributed by atoms with van der Waals surface area (Å²) in [4.78, 5) is 6.72. The molecule has 142 valence electrons. The molecule has 0 unspecified atom stereocenters. The van der Waals surface area contributed by atoms with E-state index in [1.807, 2.05) is 12.1 Å². The number of ether oxygens (including phenoxy) is 1. The van der Waals surface area contributed by atoms with Crippen LogP contribution in [0.4, 0.5) is 0 Å². The van der Waals surface area contributed by atoms with Gasteiger partial charge in [0.05, 0.1) is 13.2 Å². The molecule has 1 aliphatic rings. The molecule has 1 heterocycles. The fourth-order valence-electron chi connectivity index (χ4n) is 2.65. The smallest absolute Gasteiger partial charge is 0.191 e. The Morgan fingerprint density at radius 1 is 1.24 bits per heavy atom. The summed E-state index contributed by atoms with van der Waals surface area (Å²) in [5.74, 6) is 0.752. The van der Waals surface area contributed by atoms with Gasteiger partial charge >= 0.3 is 0 Å². The first kappa shape index (κ1) is 22.8. The Labute approximate surface area is 177 Å². The molecule has 0 aromatic heterocycles. The van der Waals surface area contributed by atoms with E-state index in [1.54, 1.807) is 13.1 Å². The van der Waals surface area contributed by atoms with Gasteiger partial charge in [0.1, 0.15) is 0 Å². The number of morpholine rings is 1. The highest BCUT2D eigenvalue weighted by Gasteiger charge is 2.28. The van der Waals surface area contributed by atoms with Gasteiger partial charge < -0.3 is 15.4 Å². The van der Waals surface area contributed by atoms with Crippen molar-refractivity contribution in [1.29, 1.82) is 0 Å². The van der Waals surface area contributed by atoms with Crippen LogP contribution in [0.15, 0.2) is 23.2 Å². The Morgan fingerprint density at radius 3 is 2.52 bits per heavy atom. The van der Waals surface area contributed by atoms with E-state index in [0.717, 1.165) is 44.4 Å². The van der Waals surface area contributed by atoms with Gasteiger partial charge in [0.2, 0.25) is 0 Å². The van der Waals surface area contributed by atoms with Gasteiger partial charge in [-0.2, -0.15) is 0 Å². The van der Waals surface area contributed by atoms with Crippen molar-refractivity contribution in [3.05, 3.63) is 33.8 Å². The Morgan fingerprint density at radius 2 is 1.92 bits per heavy atom. The number of nitrogens with zero attached hydrogens (tertiary/aromatic N) is 2. The van der Waals surface area contributed by atoms with E-state index >= 15 is 0 Å². The average Bonchev–Trinajstić information content (AvgIpc) is 2.57. The molecule has 2 N–H and O–H groups in total. The molecule has 2 rings (SSSR count). The number of hydrogen-bond donors (Lipinski definition) is 2.